The van der Waals surface area contributed by atoms with E-state index in [-0.39, 0.29) is 12.4 Å². The SMILES string of the molecule is COc1cc2c(cc1Cc1ccccc1)C(C)CNCC2.Cl. The molecule has 1 atom stereocenters. The predicted molar refractivity (Wildman–Crippen MR) is 94.5 cm³/mol. The summed E-state index contributed by atoms with van der Waals surface area (Å²) in [4.78, 5) is 0. The van der Waals surface area contributed by atoms with Crippen LogP contribution in [0.2, 0.25) is 0 Å². The summed E-state index contributed by atoms with van der Waals surface area (Å²) in [6.07, 6.45) is 2.01. The molecule has 0 aromatic heterocycles. The number of rotatable bonds is 3. The third-order valence-electron chi connectivity index (χ3n) is 4.33. The summed E-state index contributed by atoms with van der Waals surface area (Å²) in [6, 6.07) is 15.2. The molecule has 118 valence electrons. The number of nitrogens with one attached hydrogen (secondary N) is 1. The maximum Gasteiger partial charge on any atom is 0.122 e. The first kappa shape index (κ1) is 16.9. The van der Waals surface area contributed by atoms with Crippen molar-refractivity contribution in [1.82, 2.24) is 5.32 Å². The molecule has 0 amide bonds. The molecule has 1 heterocycles. The molecular weight excluding hydrogens is 294 g/mol. The molecule has 0 aliphatic carbocycles. The van der Waals surface area contributed by atoms with Crippen LogP contribution in [0.3, 0.4) is 0 Å². The number of fused-ring (bicyclic) bond motifs is 1. The fourth-order valence-corrected chi connectivity index (χ4v) is 3.16. The average Bonchev–Trinajstić information content (AvgIpc) is 2.69. The van der Waals surface area contributed by atoms with Crippen molar-refractivity contribution in [1.29, 1.82) is 0 Å². The number of ether oxygens (including phenoxy) is 1. The lowest BCUT2D eigenvalue weighted by Crippen LogP contribution is -2.18. The molecule has 0 fully saturated rings. The largest absolute Gasteiger partial charge is 0.496 e. The Morgan fingerprint density at radius 3 is 2.68 bits per heavy atom. The highest BCUT2D eigenvalue weighted by Crippen LogP contribution is 2.31. The molecule has 0 radical (unpaired) electrons. The van der Waals surface area contributed by atoms with Crippen molar-refractivity contribution in [3.8, 4) is 5.75 Å². The first-order valence-corrected chi connectivity index (χ1v) is 7.72. The van der Waals surface area contributed by atoms with Gasteiger partial charge in [0, 0.05) is 13.0 Å². The summed E-state index contributed by atoms with van der Waals surface area (Å²) in [5, 5.41) is 3.51. The summed E-state index contributed by atoms with van der Waals surface area (Å²) in [6.45, 7) is 4.42. The number of benzene rings is 2. The molecule has 0 saturated carbocycles. The molecule has 1 N–H and O–H groups in total. The first-order chi connectivity index (χ1) is 10.3. The lowest BCUT2D eigenvalue weighted by molar-refractivity contribution is 0.409. The molecular formula is C19H24ClNO. The molecule has 0 spiro atoms. The maximum absolute atomic E-state index is 5.64. The van der Waals surface area contributed by atoms with E-state index >= 15 is 0 Å². The van der Waals surface area contributed by atoms with Crippen LogP contribution in [0.5, 0.6) is 5.75 Å². The second kappa shape index (κ2) is 7.66. The van der Waals surface area contributed by atoms with Gasteiger partial charge >= 0.3 is 0 Å². The van der Waals surface area contributed by atoms with E-state index in [1.54, 1.807) is 7.11 Å². The summed E-state index contributed by atoms with van der Waals surface area (Å²) in [7, 11) is 1.77. The van der Waals surface area contributed by atoms with E-state index < -0.39 is 0 Å². The molecule has 1 aliphatic rings. The molecule has 1 unspecified atom stereocenters. The fraction of sp³-hybridized carbons (Fsp3) is 0.368. The van der Waals surface area contributed by atoms with E-state index in [1.165, 1.54) is 22.3 Å². The van der Waals surface area contributed by atoms with Gasteiger partial charge in [0.25, 0.3) is 0 Å². The van der Waals surface area contributed by atoms with Gasteiger partial charge < -0.3 is 10.1 Å². The quantitative estimate of drug-likeness (QED) is 0.925. The highest BCUT2D eigenvalue weighted by atomic mass is 35.5. The van der Waals surface area contributed by atoms with Crippen molar-refractivity contribution in [2.24, 2.45) is 0 Å². The van der Waals surface area contributed by atoms with Crippen molar-refractivity contribution >= 4 is 12.4 Å². The zero-order valence-electron chi connectivity index (χ0n) is 13.3. The van der Waals surface area contributed by atoms with E-state index in [4.69, 9.17) is 4.74 Å². The van der Waals surface area contributed by atoms with Crippen LogP contribution in [0, 0.1) is 0 Å². The van der Waals surface area contributed by atoms with E-state index in [2.05, 4.69) is 54.7 Å². The van der Waals surface area contributed by atoms with Crippen LogP contribution in [0.1, 0.15) is 35.1 Å². The molecule has 22 heavy (non-hydrogen) atoms. The van der Waals surface area contributed by atoms with Gasteiger partial charge in [0.15, 0.2) is 0 Å². The van der Waals surface area contributed by atoms with Crippen molar-refractivity contribution in [3.63, 3.8) is 0 Å². The molecule has 2 nitrogen and oxygen atoms in total. The van der Waals surface area contributed by atoms with Crippen LogP contribution in [-0.4, -0.2) is 20.2 Å². The number of halogens is 1. The van der Waals surface area contributed by atoms with Crippen LogP contribution in [0.15, 0.2) is 42.5 Å². The Morgan fingerprint density at radius 1 is 1.18 bits per heavy atom. The van der Waals surface area contributed by atoms with Gasteiger partial charge in [-0.3, -0.25) is 0 Å². The smallest absolute Gasteiger partial charge is 0.122 e. The minimum Gasteiger partial charge on any atom is -0.496 e. The second-order valence-corrected chi connectivity index (χ2v) is 5.88. The third-order valence-corrected chi connectivity index (χ3v) is 4.33. The van der Waals surface area contributed by atoms with Crippen LogP contribution >= 0.6 is 12.4 Å². The predicted octanol–water partition coefficient (Wildman–Crippen LogP) is 3.96. The summed E-state index contributed by atoms with van der Waals surface area (Å²) in [5.74, 6) is 1.58. The Kier molecular flexibility index (Phi) is 5.87. The Balaban J connectivity index is 0.00000176. The Morgan fingerprint density at radius 2 is 1.95 bits per heavy atom. The van der Waals surface area contributed by atoms with Gasteiger partial charge in [0.1, 0.15) is 5.75 Å². The Bertz CT molecular complexity index is 612. The van der Waals surface area contributed by atoms with Gasteiger partial charge in [0.05, 0.1) is 7.11 Å². The van der Waals surface area contributed by atoms with Crippen molar-refractivity contribution in [3.05, 3.63) is 64.7 Å². The summed E-state index contributed by atoms with van der Waals surface area (Å²) < 4.78 is 5.64. The van der Waals surface area contributed by atoms with Crippen molar-refractivity contribution in [2.45, 2.75) is 25.7 Å². The highest BCUT2D eigenvalue weighted by Gasteiger charge is 2.17. The van der Waals surface area contributed by atoms with Crippen LogP contribution < -0.4 is 10.1 Å². The summed E-state index contributed by atoms with van der Waals surface area (Å²) in [5.41, 5.74) is 5.53. The summed E-state index contributed by atoms with van der Waals surface area (Å²) >= 11 is 0. The average molecular weight is 318 g/mol. The number of hydrogen-bond acceptors (Lipinski definition) is 2. The van der Waals surface area contributed by atoms with Crippen LogP contribution in [0.4, 0.5) is 0 Å². The normalized spacial score (nSPS) is 17.1. The van der Waals surface area contributed by atoms with E-state index in [1.807, 2.05) is 0 Å². The monoisotopic (exact) mass is 317 g/mol. The third kappa shape index (κ3) is 3.63. The molecule has 2 aromatic carbocycles. The lowest BCUT2D eigenvalue weighted by Gasteiger charge is -2.17. The Hall–Kier alpha value is -1.51. The molecule has 0 saturated heterocycles. The van der Waals surface area contributed by atoms with E-state index in [0.717, 1.165) is 31.7 Å². The number of hydrogen-bond donors (Lipinski definition) is 1. The van der Waals surface area contributed by atoms with Crippen LogP contribution in [-0.2, 0) is 12.8 Å². The fourth-order valence-electron chi connectivity index (χ4n) is 3.16. The molecule has 2 aromatic rings. The van der Waals surface area contributed by atoms with Crippen molar-refractivity contribution < 1.29 is 4.74 Å². The molecule has 1 aliphatic heterocycles. The minimum atomic E-state index is 0. The lowest BCUT2D eigenvalue weighted by atomic mass is 9.91. The molecule has 3 rings (SSSR count). The first-order valence-electron chi connectivity index (χ1n) is 7.72. The molecule has 0 bridgehead atoms. The van der Waals surface area contributed by atoms with Gasteiger partial charge in [0.2, 0.25) is 0 Å². The standard InChI is InChI=1S/C19H23NO.ClH/c1-14-13-20-9-8-16-12-19(21-2)17(11-18(14)16)10-15-6-4-3-5-7-15;/h3-7,11-12,14,20H,8-10,13H2,1-2H3;1H. The van der Waals surface area contributed by atoms with Gasteiger partial charge in [-0.25, -0.2) is 0 Å². The molecule has 3 heteroatoms. The van der Waals surface area contributed by atoms with Gasteiger partial charge in [-0.1, -0.05) is 43.3 Å². The van der Waals surface area contributed by atoms with E-state index in [0.29, 0.717) is 5.92 Å². The van der Waals surface area contributed by atoms with Gasteiger partial charge in [-0.05, 0) is 47.2 Å². The van der Waals surface area contributed by atoms with Gasteiger partial charge in [-0.15, -0.1) is 12.4 Å². The zero-order chi connectivity index (χ0) is 14.7. The van der Waals surface area contributed by atoms with Gasteiger partial charge in [-0.2, -0.15) is 0 Å². The highest BCUT2D eigenvalue weighted by molar-refractivity contribution is 5.85. The van der Waals surface area contributed by atoms with Crippen molar-refractivity contribution in [2.75, 3.05) is 20.2 Å². The van der Waals surface area contributed by atoms with Crippen LogP contribution in [0.25, 0.3) is 0 Å². The van der Waals surface area contributed by atoms with E-state index in [9.17, 15) is 0 Å². The Labute approximate surface area is 139 Å². The second-order valence-electron chi connectivity index (χ2n) is 5.88. The zero-order valence-corrected chi connectivity index (χ0v) is 14.1. The topological polar surface area (TPSA) is 21.3 Å². The number of methoxy groups -OCH3 is 1. The maximum atomic E-state index is 5.64. The minimum absolute atomic E-state index is 0.